The van der Waals surface area contributed by atoms with E-state index in [9.17, 15) is 18.2 Å². The number of nitrogens with one attached hydrogen (secondary N) is 1. The van der Waals surface area contributed by atoms with Crippen LogP contribution in [0.25, 0.3) is 0 Å². The molecule has 0 saturated carbocycles. The first-order valence-electron chi connectivity index (χ1n) is 12.5. The number of halogens is 1. The summed E-state index contributed by atoms with van der Waals surface area (Å²) in [6.45, 7) is 2.09. The Balaban J connectivity index is 1.45. The van der Waals surface area contributed by atoms with E-state index in [1.54, 1.807) is 54.6 Å². The molecule has 1 heterocycles. The number of carbonyl (C=O) groups excluding carboxylic acids is 2. The third-order valence-electron chi connectivity index (χ3n) is 6.61. The normalized spacial score (nSPS) is 15.3. The van der Waals surface area contributed by atoms with E-state index < -0.39 is 10.8 Å². The van der Waals surface area contributed by atoms with E-state index in [1.807, 2.05) is 25.1 Å². The topological polar surface area (TPSA) is 66.5 Å². The van der Waals surface area contributed by atoms with Gasteiger partial charge in [-0.2, -0.15) is 0 Å². The van der Waals surface area contributed by atoms with Crippen LogP contribution in [-0.4, -0.2) is 22.1 Å². The van der Waals surface area contributed by atoms with Gasteiger partial charge in [-0.1, -0.05) is 54.6 Å². The van der Waals surface area contributed by atoms with Gasteiger partial charge in [0.1, 0.15) is 5.82 Å². The monoisotopic (exact) mass is 526 g/mol. The van der Waals surface area contributed by atoms with E-state index in [0.29, 0.717) is 32.2 Å². The number of hydrogen-bond donors (Lipinski definition) is 1. The largest absolute Gasteiger partial charge is 0.350 e. The van der Waals surface area contributed by atoms with Crippen LogP contribution in [0.4, 0.5) is 10.1 Å². The van der Waals surface area contributed by atoms with Crippen LogP contribution in [0.2, 0.25) is 0 Å². The number of hydrogen-bond acceptors (Lipinski definition) is 3. The molecule has 4 aromatic carbocycles. The van der Waals surface area contributed by atoms with Crippen molar-refractivity contribution in [2.24, 2.45) is 0 Å². The molecule has 1 aliphatic heterocycles. The summed E-state index contributed by atoms with van der Waals surface area (Å²) in [7, 11) is -1.62. The highest BCUT2D eigenvalue weighted by atomic mass is 32.2. The second-order valence-electron chi connectivity index (χ2n) is 9.36. The Bertz CT molecular complexity index is 1510. The van der Waals surface area contributed by atoms with Crippen molar-refractivity contribution >= 4 is 28.3 Å². The van der Waals surface area contributed by atoms with Crippen LogP contribution < -0.4 is 10.2 Å². The Morgan fingerprint density at radius 1 is 0.895 bits per heavy atom. The van der Waals surface area contributed by atoms with Gasteiger partial charge in [0.15, 0.2) is 0 Å². The molecular formula is C31H27FN2O3S. The van der Waals surface area contributed by atoms with E-state index in [-0.39, 0.29) is 30.2 Å². The first-order chi connectivity index (χ1) is 18.4. The van der Waals surface area contributed by atoms with Crippen LogP contribution in [0.15, 0.2) is 107 Å². The number of nitrogens with zero attached hydrogens (tertiary/aromatic N) is 1. The zero-order valence-electron chi connectivity index (χ0n) is 20.9. The van der Waals surface area contributed by atoms with Crippen LogP contribution in [0.1, 0.15) is 45.2 Å². The van der Waals surface area contributed by atoms with Gasteiger partial charge in [-0.05, 0) is 73.4 Å². The van der Waals surface area contributed by atoms with Crippen LogP contribution in [0, 0.1) is 5.82 Å². The Labute approximate surface area is 223 Å². The molecule has 1 N–H and O–H groups in total. The molecule has 7 heteroatoms. The minimum Gasteiger partial charge on any atom is -0.350 e. The lowest BCUT2D eigenvalue weighted by Gasteiger charge is -2.24. The average molecular weight is 527 g/mol. The zero-order valence-corrected chi connectivity index (χ0v) is 21.7. The van der Waals surface area contributed by atoms with Gasteiger partial charge in [0, 0.05) is 11.6 Å². The van der Waals surface area contributed by atoms with Crippen molar-refractivity contribution in [1.29, 1.82) is 0 Å². The number of rotatable bonds is 7. The summed E-state index contributed by atoms with van der Waals surface area (Å²) in [5.41, 5.74) is 3.02. The lowest BCUT2D eigenvalue weighted by Crippen LogP contribution is -2.33. The van der Waals surface area contributed by atoms with Gasteiger partial charge in [0.2, 0.25) is 0 Å². The maximum absolute atomic E-state index is 13.7. The Hall–Kier alpha value is -4.10. The van der Waals surface area contributed by atoms with E-state index >= 15 is 0 Å². The van der Waals surface area contributed by atoms with Crippen LogP contribution in [-0.2, 0) is 23.8 Å². The molecule has 1 aliphatic rings. The molecule has 38 heavy (non-hydrogen) atoms. The maximum atomic E-state index is 13.7. The molecule has 2 amide bonds. The highest BCUT2D eigenvalue weighted by Gasteiger charge is 2.31. The molecule has 0 saturated heterocycles. The van der Waals surface area contributed by atoms with Crippen molar-refractivity contribution in [3.8, 4) is 0 Å². The van der Waals surface area contributed by atoms with Gasteiger partial charge in [-0.3, -0.25) is 9.59 Å². The first kappa shape index (κ1) is 25.5. The molecule has 0 aliphatic carbocycles. The number of benzene rings is 4. The van der Waals surface area contributed by atoms with Crippen molar-refractivity contribution in [2.45, 2.75) is 42.1 Å². The van der Waals surface area contributed by atoms with Crippen molar-refractivity contribution in [2.75, 3.05) is 4.90 Å². The molecule has 0 bridgehead atoms. The minimum atomic E-state index is -1.62. The predicted octanol–water partition coefficient (Wildman–Crippen LogP) is 5.90. The summed E-state index contributed by atoms with van der Waals surface area (Å²) >= 11 is 0. The molecule has 192 valence electrons. The van der Waals surface area contributed by atoms with Crippen LogP contribution in [0.5, 0.6) is 0 Å². The van der Waals surface area contributed by atoms with Gasteiger partial charge >= 0.3 is 0 Å². The minimum absolute atomic E-state index is 0.0724. The second kappa shape index (κ2) is 11.1. The highest BCUT2D eigenvalue weighted by molar-refractivity contribution is 7.85. The van der Waals surface area contributed by atoms with Crippen LogP contribution in [0.3, 0.4) is 0 Å². The standard InChI is InChI=1S/C31H27FN2O3S/c1-21(11-12-22-7-3-2-4-8-22)33-30(35)24-15-18-29-27(19-24)34(20-23-13-16-25(32)17-14-23)31(36)26-9-5-6-10-28(26)38(29)37/h2-10,13-19,21H,11-12,20H2,1H3,(H,33,35)/t21-,38-/m1/s1. The maximum Gasteiger partial charge on any atom is 0.259 e. The van der Waals surface area contributed by atoms with E-state index in [1.165, 1.54) is 22.6 Å². The zero-order chi connectivity index (χ0) is 26.6. The molecule has 0 unspecified atom stereocenters. The molecule has 4 aromatic rings. The molecule has 5 nitrogen and oxygen atoms in total. The molecule has 5 rings (SSSR count). The van der Waals surface area contributed by atoms with Crippen molar-refractivity contribution in [1.82, 2.24) is 5.32 Å². The fraction of sp³-hybridized carbons (Fsp3) is 0.161. The smallest absolute Gasteiger partial charge is 0.259 e. The van der Waals surface area contributed by atoms with Crippen LogP contribution >= 0.6 is 0 Å². The third kappa shape index (κ3) is 5.43. The summed E-state index contributed by atoms with van der Waals surface area (Å²) in [6, 6.07) is 27.7. The summed E-state index contributed by atoms with van der Waals surface area (Å²) < 4.78 is 27.1. The van der Waals surface area contributed by atoms with Gasteiger partial charge in [-0.15, -0.1) is 0 Å². The average Bonchev–Trinajstić information content (AvgIpc) is 3.03. The predicted molar refractivity (Wildman–Crippen MR) is 146 cm³/mol. The molecule has 2 atom stereocenters. The van der Waals surface area contributed by atoms with E-state index in [4.69, 9.17) is 0 Å². The number of carbonyl (C=O) groups is 2. The summed E-state index contributed by atoms with van der Waals surface area (Å²) in [4.78, 5) is 29.3. The van der Waals surface area contributed by atoms with Crippen molar-refractivity contribution in [3.63, 3.8) is 0 Å². The first-order valence-corrected chi connectivity index (χ1v) is 13.6. The number of fused-ring (bicyclic) bond motifs is 2. The second-order valence-corrected chi connectivity index (χ2v) is 10.8. The Morgan fingerprint density at radius 3 is 2.37 bits per heavy atom. The van der Waals surface area contributed by atoms with Gasteiger partial charge in [0.25, 0.3) is 11.8 Å². The number of aryl methyl sites for hydroxylation is 1. The molecule has 0 spiro atoms. The lowest BCUT2D eigenvalue weighted by molar-refractivity contribution is 0.0935. The Kier molecular flexibility index (Phi) is 7.47. The lowest BCUT2D eigenvalue weighted by atomic mass is 10.1. The summed E-state index contributed by atoms with van der Waals surface area (Å²) in [5, 5.41) is 3.04. The van der Waals surface area contributed by atoms with Gasteiger partial charge < -0.3 is 10.2 Å². The fourth-order valence-electron chi connectivity index (χ4n) is 4.54. The fourth-order valence-corrected chi connectivity index (χ4v) is 5.89. The number of amides is 2. The van der Waals surface area contributed by atoms with Crippen molar-refractivity contribution in [3.05, 3.63) is 125 Å². The molecule has 0 aromatic heterocycles. The third-order valence-corrected chi connectivity index (χ3v) is 8.11. The van der Waals surface area contributed by atoms with E-state index in [0.717, 1.165) is 12.8 Å². The Morgan fingerprint density at radius 2 is 1.61 bits per heavy atom. The quantitative estimate of drug-likeness (QED) is 0.326. The summed E-state index contributed by atoms with van der Waals surface area (Å²) in [6.07, 6.45) is 1.61. The highest BCUT2D eigenvalue weighted by Crippen LogP contribution is 2.36. The summed E-state index contributed by atoms with van der Waals surface area (Å²) in [5.74, 6) is -0.968. The molecule has 0 fully saturated rings. The molecule has 0 radical (unpaired) electrons. The van der Waals surface area contributed by atoms with Gasteiger partial charge in [-0.25, -0.2) is 8.60 Å². The van der Waals surface area contributed by atoms with Gasteiger partial charge in [0.05, 0.1) is 38.4 Å². The SMILES string of the molecule is C[C@H](CCc1ccccc1)NC(=O)c1ccc2c(c1)N(Cc1ccc(F)cc1)C(=O)c1ccccc1[S@]2=O. The molecular weight excluding hydrogens is 499 g/mol. The van der Waals surface area contributed by atoms with E-state index in [2.05, 4.69) is 17.4 Å². The van der Waals surface area contributed by atoms with Crippen molar-refractivity contribution < 1.29 is 18.2 Å². The number of anilines is 1.